The van der Waals surface area contributed by atoms with Crippen molar-refractivity contribution in [1.82, 2.24) is 9.80 Å². The highest BCUT2D eigenvalue weighted by Crippen LogP contribution is 2.13. The molecule has 2 rings (SSSR count). The summed E-state index contributed by atoms with van der Waals surface area (Å²) in [6.07, 6.45) is 1.08. The van der Waals surface area contributed by atoms with Gasteiger partial charge in [-0.2, -0.15) is 0 Å². The van der Waals surface area contributed by atoms with Gasteiger partial charge in [-0.3, -0.25) is 0 Å². The molecule has 1 aliphatic rings. The lowest BCUT2D eigenvalue weighted by atomic mass is 10.3. The zero-order valence-corrected chi connectivity index (χ0v) is 11.3. The Labute approximate surface area is 113 Å². The first-order valence-corrected chi connectivity index (χ1v) is 6.56. The molecular formula is C13H18FN3S. The first kappa shape index (κ1) is 13.2. The van der Waals surface area contributed by atoms with E-state index in [1.54, 1.807) is 18.2 Å². The number of para-hydroxylation sites is 1. The van der Waals surface area contributed by atoms with E-state index >= 15 is 0 Å². The smallest absolute Gasteiger partial charge is 0.173 e. The van der Waals surface area contributed by atoms with Crippen LogP contribution in [0, 0.1) is 5.82 Å². The van der Waals surface area contributed by atoms with Gasteiger partial charge in [-0.25, -0.2) is 4.39 Å². The first-order valence-electron chi connectivity index (χ1n) is 6.16. The highest BCUT2D eigenvalue weighted by molar-refractivity contribution is 7.80. The lowest BCUT2D eigenvalue weighted by molar-refractivity contribution is 0.347. The average molecular weight is 267 g/mol. The van der Waals surface area contributed by atoms with E-state index in [4.69, 9.17) is 12.2 Å². The van der Waals surface area contributed by atoms with Crippen molar-refractivity contribution in [3.63, 3.8) is 0 Å². The number of nitrogens with zero attached hydrogens (tertiary/aromatic N) is 2. The molecule has 0 aromatic heterocycles. The van der Waals surface area contributed by atoms with E-state index in [1.165, 1.54) is 6.07 Å². The fraction of sp³-hybridized carbons (Fsp3) is 0.462. The van der Waals surface area contributed by atoms with Crippen molar-refractivity contribution in [2.45, 2.75) is 6.42 Å². The maximum atomic E-state index is 13.5. The maximum absolute atomic E-state index is 13.5. The van der Waals surface area contributed by atoms with E-state index in [2.05, 4.69) is 22.2 Å². The van der Waals surface area contributed by atoms with Crippen LogP contribution in [0.3, 0.4) is 0 Å². The summed E-state index contributed by atoms with van der Waals surface area (Å²) in [5.74, 6) is -0.271. The summed E-state index contributed by atoms with van der Waals surface area (Å²) >= 11 is 5.34. The normalized spacial score (nSPS) is 17.3. The summed E-state index contributed by atoms with van der Waals surface area (Å²) in [7, 11) is 2.11. The molecule has 1 heterocycles. The van der Waals surface area contributed by atoms with E-state index in [0.717, 1.165) is 32.6 Å². The van der Waals surface area contributed by atoms with Crippen LogP contribution in [-0.2, 0) is 0 Å². The van der Waals surface area contributed by atoms with Crippen molar-refractivity contribution in [1.29, 1.82) is 0 Å². The van der Waals surface area contributed by atoms with Crippen molar-refractivity contribution < 1.29 is 4.39 Å². The fourth-order valence-corrected chi connectivity index (χ4v) is 2.30. The van der Waals surface area contributed by atoms with Gasteiger partial charge >= 0.3 is 0 Å². The van der Waals surface area contributed by atoms with Crippen molar-refractivity contribution in [3.8, 4) is 0 Å². The second-order valence-electron chi connectivity index (χ2n) is 4.55. The first-order chi connectivity index (χ1) is 8.66. The molecule has 0 unspecified atom stereocenters. The highest BCUT2D eigenvalue weighted by Gasteiger charge is 2.15. The van der Waals surface area contributed by atoms with Crippen LogP contribution in [0.5, 0.6) is 0 Å². The van der Waals surface area contributed by atoms with E-state index in [-0.39, 0.29) is 5.82 Å². The van der Waals surface area contributed by atoms with Gasteiger partial charge in [0.15, 0.2) is 5.11 Å². The number of benzene rings is 1. The summed E-state index contributed by atoms with van der Waals surface area (Å²) in [5.41, 5.74) is 0.445. The third-order valence-electron chi connectivity index (χ3n) is 3.12. The van der Waals surface area contributed by atoms with Gasteiger partial charge in [-0.1, -0.05) is 12.1 Å². The zero-order valence-electron chi connectivity index (χ0n) is 10.5. The predicted octanol–water partition coefficient (Wildman–Crippen LogP) is 2.16. The summed E-state index contributed by atoms with van der Waals surface area (Å²) in [4.78, 5) is 4.39. The number of anilines is 1. The molecule has 0 amide bonds. The summed E-state index contributed by atoms with van der Waals surface area (Å²) in [6, 6.07) is 6.60. The number of likely N-dealkylation sites (N-methyl/N-ethyl adjacent to an activating group) is 1. The summed E-state index contributed by atoms with van der Waals surface area (Å²) in [5, 5.41) is 3.59. The minimum absolute atomic E-state index is 0.271. The number of rotatable bonds is 1. The van der Waals surface area contributed by atoms with Crippen LogP contribution < -0.4 is 5.32 Å². The van der Waals surface area contributed by atoms with Gasteiger partial charge < -0.3 is 15.1 Å². The molecular weight excluding hydrogens is 249 g/mol. The Balaban J connectivity index is 1.97. The molecule has 1 N–H and O–H groups in total. The van der Waals surface area contributed by atoms with Crippen molar-refractivity contribution in [2.75, 3.05) is 38.5 Å². The van der Waals surface area contributed by atoms with Gasteiger partial charge in [-0.05, 0) is 44.4 Å². The molecule has 18 heavy (non-hydrogen) atoms. The van der Waals surface area contributed by atoms with Crippen molar-refractivity contribution in [2.24, 2.45) is 0 Å². The Kier molecular flexibility index (Phi) is 4.49. The molecule has 0 atom stereocenters. The summed E-state index contributed by atoms with van der Waals surface area (Å²) in [6.45, 7) is 3.87. The van der Waals surface area contributed by atoms with Gasteiger partial charge in [0, 0.05) is 19.6 Å². The van der Waals surface area contributed by atoms with Crippen LogP contribution in [0.25, 0.3) is 0 Å². The number of hydrogen-bond acceptors (Lipinski definition) is 2. The van der Waals surface area contributed by atoms with Crippen LogP contribution >= 0.6 is 12.2 Å². The molecule has 1 fully saturated rings. The van der Waals surface area contributed by atoms with Crippen LogP contribution in [0.2, 0.25) is 0 Å². The third-order valence-corrected chi connectivity index (χ3v) is 3.48. The summed E-state index contributed by atoms with van der Waals surface area (Å²) < 4.78 is 13.5. The van der Waals surface area contributed by atoms with Crippen LogP contribution in [-0.4, -0.2) is 48.1 Å². The van der Waals surface area contributed by atoms with E-state index < -0.39 is 0 Å². The van der Waals surface area contributed by atoms with Crippen molar-refractivity contribution in [3.05, 3.63) is 30.1 Å². The molecule has 1 aliphatic heterocycles. The molecule has 1 aromatic carbocycles. The standard InChI is InChI=1S/C13H18FN3S/c1-16-7-4-8-17(10-9-16)13(18)15-12-6-3-2-5-11(12)14/h2-3,5-6H,4,7-10H2,1H3,(H,15,18). The molecule has 98 valence electrons. The van der Waals surface area contributed by atoms with E-state index in [9.17, 15) is 4.39 Å². The van der Waals surface area contributed by atoms with Gasteiger partial charge in [0.2, 0.25) is 0 Å². The lowest BCUT2D eigenvalue weighted by Gasteiger charge is -2.24. The predicted molar refractivity (Wildman–Crippen MR) is 76.3 cm³/mol. The number of hydrogen-bond donors (Lipinski definition) is 1. The molecule has 3 nitrogen and oxygen atoms in total. The Morgan fingerprint density at radius 3 is 2.78 bits per heavy atom. The highest BCUT2D eigenvalue weighted by atomic mass is 32.1. The molecule has 0 bridgehead atoms. The Bertz CT molecular complexity index is 424. The average Bonchev–Trinajstić information content (AvgIpc) is 2.57. The molecule has 0 aliphatic carbocycles. The van der Waals surface area contributed by atoms with E-state index in [1.807, 2.05) is 0 Å². The molecule has 1 aromatic rings. The third kappa shape index (κ3) is 3.40. The largest absolute Gasteiger partial charge is 0.348 e. The molecule has 0 radical (unpaired) electrons. The van der Waals surface area contributed by atoms with Crippen LogP contribution in [0.15, 0.2) is 24.3 Å². The van der Waals surface area contributed by atoms with Gasteiger partial charge in [-0.15, -0.1) is 0 Å². The van der Waals surface area contributed by atoms with Crippen LogP contribution in [0.4, 0.5) is 10.1 Å². The monoisotopic (exact) mass is 267 g/mol. The Morgan fingerprint density at radius 1 is 1.22 bits per heavy atom. The second kappa shape index (κ2) is 6.11. The van der Waals surface area contributed by atoms with Gasteiger partial charge in [0.25, 0.3) is 0 Å². The van der Waals surface area contributed by atoms with Gasteiger partial charge in [0.05, 0.1) is 5.69 Å². The zero-order chi connectivity index (χ0) is 13.0. The fourth-order valence-electron chi connectivity index (χ4n) is 2.01. The molecule has 1 saturated heterocycles. The second-order valence-corrected chi connectivity index (χ2v) is 4.94. The lowest BCUT2D eigenvalue weighted by Crippen LogP contribution is -2.37. The minimum atomic E-state index is -0.271. The number of thiocarbonyl (C=S) groups is 1. The molecule has 0 spiro atoms. The maximum Gasteiger partial charge on any atom is 0.173 e. The van der Waals surface area contributed by atoms with Crippen LogP contribution in [0.1, 0.15) is 6.42 Å². The quantitative estimate of drug-likeness (QED) is 0.786. The number of halogens is 1. The minimum Gasteiger partial charge on any atom is -0.348 e. The molecule has 5 heteroatoms. The Hall–Kier alpha value is -1.20. The van der Waals surface area contributed by atoms with Gasteiger partial charge in [0.1, 0.15) is 5.82 Å². The molecule has 0 saturated carbocycles. The van der Waals surface area contributed by atoms with Crippen molar-refractivity contribution >= 4 is 23.0 Å². The van der Waals surface area contributed by atoms with E-state index in [0.29, 0.717) is 10.8 Å². The number of nitrogens with one attached hydrogen (secondary N) is 1. The Morgan fingerprint density at radius 2 is 2.00 bits per heavy atom. The topological polar surface area (TPSA) is 18.5 Å². The SMILES string of the molecule is CN1CCCN(C(=S)Nc2ccccc2F)CC1.